The SMILES string of the molecule is CN1CC(O)(C2CCCN(c3ccc([N+](=O)[O-])nc3)C2)C1. The molecular weight excluding hydrogens is 272 g/mol. The number of nitrogens with zero attached hydrogens (tertiary/aromatic N) is 4. The maximum Gasteiger partial charge on any atom is 0.363 e. The standard InChI is InChI=1S/C14H20N4O3/c1-16-9-14(19,10-16)11-3-2-6-17(8-11)12-4-5-13(15-7-12)18(20)21/h4-5,7,11,19H,2-3,6,8-10H2,1H3. The van der Waals surface area contributed by atoms with Gasteiger partial charge in [-0.15, -0.1) is 0 Å². The van der Waals surface area contributed by atoms with Gasteiger partial charge in [0.2, 0.25) is 0 Å². The van der Waals surface area contributed by atoms with Crippen molar-refractivity contribution in [2.75, 3.05) is 38.1 Å². The number of piperidine rings is 1. The molecule has 1 aromatic heterocycles. The van der Waals surface area contributed by atoms with E-state index >= 15 is 0 Å². The Labute approximate surface area is 123 Å². The van der Waals surface area contributed by atoms with Crippen molar-refractivity contribution < 1.29 is 10.0 Å². The fourth-order valence-electron chi connectivity index (χ4n) is 3.47. The molecule has 0 aliphatic carbocycles. The van der Waals surface area contributed by atoms with E-state index in [1.54, 1.807) is 12.3 Å². The Bertz CT molecular complexity index is 528. The summed E-state index contributed by atoms with van der Waals surface area (Å²) in [6.45, 7) is 3.14. The van der Waals surface area contributed by atoms with Crippen molar-refractivity contribution in [2.24, 2.45) is 5.92 Å². The van der Waals surface area contributed by atoms with Gasteiger partial charge in [0.15, 0.2) is 6.20 Å². The first-order valence-corrected chi connectivity index (χ1v) is 7.24. The number of rotatable bonds is 3. The van der Waals surface area contributed by atoms with Crippen LogP contribution in [-0.2, 0) is 0 Å². The number of nitro groups is 1. The lowest BCUT2D eigenvalue weighted by Crippen LogP contribution is -2.66. The van der Waals surface area contributed by atoms with Crippen LogP contribution in [0.5, 0.6) is 0 Å². The molecule has 7 heteroatoms. The van der Waals surface area contributed by atoms with Gasteiger partial charge < -0.3 is 25.0 Å². The molecule has 3 heterocycles. The van der Waals surface area contributed by atoms with Crippen LogP contribution in [0, 0.1) is 16.0 Å². The summed E-state index contributed by atoms with van der Waals surface area (Å²) in [6.07, 6.45) is 3.60. The number of hydrogen-bond acceptors (Lipinski definition) is 6. The van der Waals surface area contributed by atoms with Gasteiger partial charge in [0.05, 0.1) is 11.3 Å². The van der Waals surface area contributed by atoms with E-state index in [-0.39, 0.29) is 11.7 Å². The number of anilines is 1. The minimum Gasteiger partial charge on any atom is -0.387 e. The fourth-order valence-corrected chi connectivity index (χ4v) is 3.47. The molecule has 2 aliphatic heterocycles. The van der Waals surface area contributed by atoms with Crippen LogP contribution in [0.3, 0.4) is 0 Å². The van der Waals surface area contributed by atoms with Crippen molar-refractivity contribution >= 4 is 11.5 Å². The van der Waals surface area contributed by atoms with Gasteiger partial charge in [-0.05, 0) is 35.9 Å². The van der Waals surface area contributed by atoms with Crippen molar-refractivity contribution in [3.63, 3.8) is 0 Å². The summed E-state index contributed by atoms with van der Waals surface area (Å²) in [6, 6.07) is 3.18. The Hall–Kier alpha value is -1.73. The number of hydrogen-bond donors (Lipinski definition) is 1. The smallest absolute Gasteiger partial charge is 0.363 e. The summed E-state index contributed by atoms with van der Waals surface area (Å²) >= 11 is 0. The maximum absolute atomic E-state index is 10.6. The average molecular weight is 292 g/mol. The molecule has 21 heavy (non-hydrogen) atoms. The van der Waals surface area contributed by atoms with Crippen LogP contribution in [0.25, 0.3) is 0 Å². The van der Waals surface area contributed by atoms with Gasteiger partial charge >= 0.3 is 5.82 Å². The molecule has 2 aliphatic rings. The van der Waals surface area contributed by atoms with Gasteiger partial charge in [0, 0.05) is 38.2 Å². The van der Waals surface area contributed by atoms with Gasteiger partial charge in [0.25, 0.3) is 0 Å². The largest absolute Gasteiger partial charge is 0.387 e. The van der Waals surface area contributed by atoms with Crippen molar-refractivity contribution in [1.82, 2.24) is 9.88 Å². The van der Waals surface area contributed by atoms with Crippen molar-refractivity contribution in [3.8, 4) is 0 Å². The number of pyridine rings is 1. The van der Waals surface area contributed by atoms with Crippen LogP contribution in [0.4, 0.5) is 11.5 Å². The molecule has 114 valence electrons. The molecular formula is C14H20N4O3. The number of likely N-dealkylation sites (tertiary alicyclic amines) is 1. The van der Waals surface area contributed by atoms with Gasteiger partial charge in [-0.25, -0.2) is 0 Å². The lowest BCUT2D eigenvalue weighted by Gasteiger charge is -2.52. The highest BCUT2D eigenvalue weighted by Gasteiger charge is 2.46. The summed E-state index contributed by atoms with van der Waals surface area (Å²) in [5, 5.41) is 21.3. The van der Waals surface area contributed by atoms with Crippen LogP contribution in [0.1, 0.15) is 12.8 Å². The topological polar surface area (TPSA) is 82.7 Å². The Morgan fingerprint density at radius 1 is 1.48 bits per heavy atom. The van der Waals surface area contributed by atoms with Gasteiger partial charge in [-0.3, -0.25) is 0 Å². The van der Waals surface area contributed by atoms with E-state index in [9.17, 15) is 15.2 Å². The van der Waals surface area contributed by atoms with Crippen LogP contribution < -0.4 is 4.90 Å². The quantitative estimate of drug-likeness (QED) is 0.658. The zero-order valence-corrected chi connectivity index (χ0v) is 12.1. The first-order valence-electron chi connectivity index (χ1n) is 7.24. The lowest BCUT2D eigenvalue weighted by molar-refractivity contribution is -0.389. The van der Waals surface area contributed by atoms with E-state index in [4.69, 9.17) is 0 Å². The second kappa shape index (κ2) is 5.23. The predicted molar refractivity (Wildman–Crippen MR) is 78.3 cm³/mol. The van der Waals surface area contributed by atoms with E-state index < -0.39 is 10.5 Å². The van der Waals surface area contributed by atoms with Crippen LogP contribution >= 0.6 is 0 Å². The molecule has 0 amide bonds. The molecule has 2 fully saturated rings. The van der Waals surface area contributed by atoms with Crippen molar-refractivity contribution in [3.05, 3.63) is 28.4 Å². The van der Waals surface area contributed by atoms with Gasteiger partial charge in [-0.1, -0.05) is 0 Å². The minimum absolute atomic E-state index is 0.133. The molecule has 0 saturated carbocycles. The number of aliphatic hydroxyl groups is 1. The molecule has 0 aromatic carbocycles. The highest BCUT2D eigenvalue weighted by molar-refractivity contribution is 5.47. The molecule has 0 bridgehead atoms. The van der Waals surface area contributed by atoms with E-state index in [0.717, 1.165) is 44.7 Å². The monoisotopic (exact) mass is 292 g/mol. The molecule has 0 spiro atoms. The van der Waals surface area contributed by atoms with E-state index in [1.165, 1.54) is 6.07 Å². The lowest BCUT2D eigenvalue weighted by atomic mass is 9.76. The van der Waals surface area contributed by atoms with Gasteiger partial charge in [-0.2, -0.15) is 0 Å². The Kier molecular flexibility index (Phi) is 3.54. The van der Waals surface area contributed by atoms with Crippen LogP contribution in [0.15, 0.2) is 18.3 Å². The Balaban J connectivity index is 1.69. The summed E-state index contributed by atoms with van der Waals surface area (Å²) in [7, 11) is 2.01. The second-order valence-corrected chi connectivity index (χ2v) is 6.19. The maximum atomic E-state index is 10.6. The highest BCUT2D eigenvalue weighted by atomic mass is 16.6. The molecule has 7 nitrogen and oxygen atoms in total. The Morgan fingerprint density at radius 2 is 2.24 bits per heavy atom. The summed E-state index contributed by atoms with van der Waals surface area (Å²) in [5.74, 6) is 0.115. The van der Waals surface area contributed by atoms with E-state index in [2.05, 4.69) is 14.8 Å². The van der Waals surface area contributed by atoms with E-state index in [1.807, 2.05) is 7.05 Å². The third-order valence-corrected chi connectivity index (χ3v) is 4.55. The molecule has 2 saturated heterocycles. The van der Waals surface area contributed by atoms with E-state index in [0.29, 0.717) is 0 Å². The number of aromatic nitrogens is 1. The average Bonchev–Trinajstić information content (AvgIpc) is 2.46. The molecule has 3 rings (SSSR count). The normalized spacial score (nSPS) is 25.4. The first-order chi connectivity index (χ1) is 9.98. The molecule has 1 aromatic rings. The molecule has 0 radical (unpaired) electrons. The van der Waals surface area contributed by atoms with Crippen LogP contribution in [0.2, 0.25) is 0 Å². The summed E-state index contributed by atoms with van der Waals surface area (Å²) < 4.78 is 0. The minimum atomic E-state index is -0.582. The molecule has 1 N–H and O–H groups in total. The summed E-state index contributed by atoms with van der Waals surface area (Å²) in [4.78, 5) is 18.3. The predicted octanol–water partition coefficient (Wildman–Crippen LogP) is 0.883. The van der Waals surface area contributed by atoms with Crippen molar-refractivity contribution in [1.29, 1.82) is 0 Å². The fraction of sp³-hybridized carbons (Fsp3) is 0.643. The number of β-amino-alcohol motifs (C(OH)–C–C–N with tert-alkyl or cyclic N) is 1. The highest BCUT2D eigenvalue weighted by Crippen LogP contribution is 2.35. The Morgan fingerprint density at radius 3 is 2.81 bits per heavy atom. The zero-order valence-electron chi connectivity index (χ0n) is 12.1. The third-order valence-electron chi connectivity index (χ3n) is 4.55. The first kappa shape index (κ1) is 14.2. The zero-order chi connectivity index (χ0) is 15.0. The van der Waals surface area contributed by atoms with Crippen LogP contribution in [-0.4, -0.2) is 58.7 Å². The third kappa shape index (κ3) is 2.71. The van der Waals surface area contributed by atoms with Gasteiger partial charge in [0.1, 0.15) is 0 Å². The second-order valence-electron chi connectivity index (χ2n) is 6.19. The molecule has 1 unspecified atom stereocenters. The summed E-state index contributed by atoms with van der Waals surface area (Å²) in [5.41, 5.74) is 0.309. The number of likely N-dealkylation sites (N-methyl/N-ethyl adjacent to an activating group) is 1. The molecule has 1 atom stereocenters. The van der Waals surface area contributed by atoms with Crippen molar-refractivity contribution in [2.45, 2.75) is 18.4 Å².